The maximum absolute atomic E-state index is 12.7. The number of rotatable bonds is 12. The smallest absolute Gasteiger partial charge is 0.321 e. The van der Waals surface area contributed by atoms with Gasteiger partial charge in [-0.05, 0) is 105 Å². The second kappa shape index (κ2) is 16.9. The van der Waals surface area contributed by atoms with E-state index in [1.54, 1.807) is 11.9 Å². The van der Waals surface area contributed by atoms with Gasteiger partial charge in [-0.15, -0.1) is 5.10 Å². The Kier molecular flexibility index (Phi) is 11.5. The number of hydrogen-bond acceptors (Lipinski definition) is 10. The number of carbonyl (C=O) groups excluding carboxylic acids is 3. The third-order valence-electron chi connectivity index (χ3n) is 12.8. The largest absolute Gasteiger partial charge is 0.385 e. The number of aldehydes is 1. The Morgan fingerprint density at radius 2 is 1.80 bits per heavy atom. The topological polar surface area (TPSA) is 157 Å². The first-order valence-corrected chi connectivity index (χ1v) is 20.9. The predicted molar refractivity (Wildman–Crippen MR) is 233 cm³/mol. The first-order valence-electron chi connectivity index (χ1n) is 20.5. The number of piperidine rings is 1. The van der Waals surface area contributed by atoms with Gasteiger partial charge in [-0.3, -0.25) is 19.6 Å². The normalized spacial score (nSPS) is 16.6. The molecule has 8 rings (SSSR count). The Bertz CT molecular complexity index is 2350. The number of benzene rings is 2. The standard InChI is InChI=1S/C44H52ClN11O3/c1-47-36-25-40(51-56-39(41(46)58)27-50-42(36)56)54-20-14-33-32(6-4-7-37(33)54)35-11-8-29(26-49-35)28-53-21-17-44(18-22-53)15-12-30(13-16-44)52(3)31-9-10-34(45)38(24-31)55(19-5-23-57)43(59)48-2/h4,6-11,23-27,30,47H,5,12-22,28H2,1-3H3,(H2,46,58)(H,48,59). The number of fused-ring (bicyclic) bond motifs is 2. The van der Waals surface area contributed by atoms with Crippen LogP contribution in [0.1, 0.15) is 66.6 Å². The van der Waals surface area contributed by atoms with Gasteiger partial charge < -0.3 is 31.0 Å². The summed E-state index contributed by atoms with van der Waals surface area (Å²) in [5, 5.41) is 11.1. The van der Waals surface area contributed by atoms with Crippen molar-refractivity contribution in [3.05, 3.63) is 88.8 Å². The summed E-state index contributed by atoms with van der Waals surface area (Å²) >= 11 is 6.57. The SMILES string of the molecule is CNC(=O)N(CCC=O)c1cc(N(C)C2CCC3(CC2)CCN(Cc2ccc(-c4cccc5c4CCN5c4cc(NC)c5ncc(C(N)=O)n5n4)nc2)CC3)ccc1Cl. The van der Waals surface area contributed by atoms with E-state index < -0.39 is 5.91 Å². The highest BCUT2D eigenvalue weighted by atomic mass is 35.5. The van der Waals surface area contributed by atoms with E-state index in [0.29, 0.717) is 33.6 Å². The lowest BCUT2D eigenvalue weighted by molar-refractivity contribution is -0.107. The van der Waals surface area contributed by atoms with Crippen LogP contribution < -0.4 is 31.1 Å². The van der Waals surface area contributed by atoms with Gasteiger partial charge in [0.15, 0.2) is 11.5 Å². The lowest BCUT2D eigenvalue weighted by Crippen LogP contribution is -2.45. The van der Waals surface area contributed by atoms with Crippen molar-refractivity contribution in [2.24, 2.45) is 11.1 Å². The molecule has 3 aliphatic rings. The van der Waals surface area contributed by atoms with Crippen LogP contribution in [-0.4, -0.2) is 96.1 Å². The number of amides is 3. The third-order valence-corrected chi connectivity index (χ3v) is 13.1. The molecule has 4 N–H and O–H groups in total. The summed E-state index contributed by atoms with van der Waals surface area (Å²) in [6.07, 6.45) is 12.4. The number of anilines is 5. The molecule has 0 bridgehead atoms. The number of nitrogens with one attached hydrogen (secondary N) is 2. The van der Waals surface area contributed by atoms with Gasteiger partial charge in [-0.25, -0.2) is 14.3 Å². The van der Waals surface area contributed by atoms with Gasteiger partial charge in [0.2, 0.25) is 0 Å². The summed E-state index contributed by atoms with van der Waals surface area (Å²) in [4.78, 5) is 53.8. The van der Waals surface area contributed by atoms with Gasteiger partial charge in [0.25, 0.3) is 5.91 Å². The predicted octanol–water partition coefficient (Wildman–Crippen LogP) is 6.68. The number of nitrogens with zero attached hydrogens (tertiary/aromatic N) is 8. The number of halogens is 1. The van der Waals surface area contributed by atoms with E-state index in [0.717, 1.165) is 80.0 Å². The van der Waals surface area contributed by atoms with Crippen molar-refractivity contribution >= 4 is 64.0 Å². The molecule has 3 aromatic heterocycles. The summed E-state index contributed by atoms with van der Waals surface area (Å²) in [5.41, 5.74) is 14.8. The number of hydrogen-bond donors (Lipinski definition) is 3. The lowest BCUT2D eigenvalue weighted by atomic mass is 9.66. The summed E-state index contributed by atoms with van der Waals surface area (Å²) < 4.78 is 1.52. The number of urea groups is 1. The van der Waals surface area contributed by atoms with Gasteiger partial charge in [0.1, 0.15) is 12.0 Å². The summed E-state index contributed by atoms with van der Waals surface area (Å²) in [5.74, 6) is 0.127. The van der Waals surface area contributed by atoms with E-state index in [4.69, 9.17) is 27.4 Å². The Morgan fingerprint density at radius 3 is 2.49 bits per heavy atom. The number of primary amides is 1. The van der Waals surface area contributed by atoms with Gasteiger partial charge in [-0.1, -0.05) is 29.8 Å². The number of likely N-dealkylation sites (tertiary alicyclic amines) is 1. The quantitative estimate of drug-likeness (QED) is 0.116. The molecule has 14 nitrogen and oxygen atoms in total. The fourth-order valence-corrected chi connectivity index (χ4v) is 9.58. The average molecular weight is 818 g/mol. The summed E-state index contributed by atoms with van der Waals surface area (Å²) in [6.45, 7) is 4.05. The van der Waals surface area contributed by atoms with Crippen LogP contribution in [-0.2, 0) is 17.8 Å². The maximum Gasteiger partial charge on any atom is 0.321 e. The van der Waals surface area contributed by atoms with Crippen LogP contribution in [0.5, 0.6) is 0 Å². The van der Waals surface area contributed by atoms with Crippen LogP contribution >= 0.6 is 11.6 Å². The van der Waals surface area contributed by atoms with Crippen LogP contribution in [0.15, 0.2) is 67.0 Å². The first kappa shape index (κ1) is 40.1. The molecule has 2 aromatic carbocycles. The van der Waals surface area contributed by atoms with E-state index in [1.165, 1.54) is 47.5 Å². The number of nitrogens with two attached hydrogens (primary N) is 1. The van der Waals surface area contributed by atoms with Crippen molar-refractivity contribution in [3.8, 4) is 11.3 Å². The Morgan fingerprint density at radius 1 is 1.00 bits per heavy atom. The molecular weight excluding hydrogens is 766 g/mol. The minimum atomic E-state index is -0.580. The van der Waals surface area contributed by atoms with Crippen LogP contribution in [0.4, 0.5) is 33.4 Å². The van der Waals surface area contributed by atoms with Crippen LogP contribution in [0.2, 0.25) is 5.02 Å². The van der Waals surface area contributed by atoms with Crippen LogP contribution in [0.25, 0.3) is 16.9 Å². The molecular formula is C44H52ClN11O3. The summed E-state index contributed by atoms with van der Waals surface area (Å²) in [7, 11) is 5.54. The fourth-order valence-electron chi connectivity index (χ4n) is 9.36. The van der Waals surface area contributed by atoms with Crippen LogP contribution in [0.3, 0.4) is 0 Å². The number of imidazole rings is 1. The lowest BCUT2D eigenvalue weighted by Gasteiger charge is -2.47. The Labute approximate surface area is 349 Å². The fraction of sp³-hybridized carbons (Fsp3) is 0.409. The molecule has 15 heteroatoms. The highest BCUT2D eigenvalue weighted by Gasteiger charge is 2.39. The molecule has 0 unspecified atom stereocenters. The third kappa shape index (κ3) is 7.90. The zero-order valence-electron chi connectivity index (χ0n) is 34.0. The van der Waals surface area contributed by atoms with E-state index >= 15 is 0 Å². The first-order chi connectivity index (χ1) is 28.6. The second-order valence-electron chi connectivity index (χ2n) is 16.1. The molecule has 1 aliphatic carbocycles. The zero-order chi connectivity index (χ0) is 41.3. The molecule has 2 aliphatic heterocycles. The molecule has 2 fully saturated rings. The molecule has 1 spiro atoms. The Balaban J connectivity index is 0.875. The van der Waals surface area contributed by atoms with E-state index in [9.17, 15) is 14.4 Å². The maximum atomic E-state index is 12.7. The molecule has 5 aromatic rings. The molecule has 3 amide bonds. The van der Waals surface area contributed by atoms with Crippen molar-refractivity contribution in [2.75, 3.05) is 67.3 Å². The zero-order valence-corrected chi connectivity index (χ0v) is 34.7. The molecule has 0 radical (unpaired) electrons. The minimum absolute atomic E-state index is 0.235. The summed E-state index contributed by atoms with van der Waals surface area (Å²) in [6, 6.07) is 18.6. The van der Waals surface area contributed by atoms with E-state index in [2.05, 4.69) is 67.7 Å². The monoisotopic (exact) mass is 817 g/mol. The van der Waals surface area contributed by atoms with Crippen molar-refractivity contribution in [1.82, 2.24) is 29.8 Å². The van der Waals surface area contributed by atoms with Crippen LogP contribution in [0, 0.1) is 5.41 Å². The Hall–Kier alpha value is -5.73. The van der Waals surface area contributed by atoms with Gasteiger partial charge in [0, 0.05) is 82.4 Å². The molecule has 1 saturated carbocycles. The molecule has 5 heterocycles. The molecule has 1 saturated heterocycles. The number of aromatic nitrogens is 4. The van der Waals surface area contributed by atoms with Gasteiger partial charge >= 0.3 is 6.03 Å². The van der Waals surface area contributed by atoms with Crippen molar-refractivity contribution in [1.29, 1.82) is 0 Å². The molecule has 59 heavy (non-hydrogen) atoms. The average Bonchev–Trinajstić information content (AvgIpc) is 3.90. The van der Waals surface area contributed by atoms with Crippen molar-refractivity contribution in [3.63, 3.8) is 0 Å². The van der Waals surface area contributed by atoms with E-state index in [1.807, 2.05) is 37.5 Å². The second-order valence-corrected chi connectivity index (χ2v) is 16.5. The number of pyridine rings is 1. The van der Waals surface area contributed by atoms with Gasteiger partial charge in [0.05, 0.1) is 28.3 Å². The molecule has 0 atom stereocenters. The highest BCUT2D eigenvalue weighted by Crippen LogP contribution is 2.47. The van der Waals surface area contributed by atoms with Gasteiger partial charge in [-0.2, -0.15) is 0 Å². The van der Waals surface area contributed by atoms with E-state index in [-0.39, 0.29) is 24.7 Å². The minimum Gasteiger partial charge on any atom is -0.385 e. The molecule has 308 valence electrons. The van der Waals surface area contributed by atoms with Crippen molar-refractivity contribution in [2.45, 2.75) is 64.0 Å². The van der Waals surface area contributed by atoms with Crippen molar-refractivity contribution < 1.29 is 14.4 Å². The highest BCUT2D eigenvalue weighted by molar-refractivity contribution is 6.34. The number of carbonyl (C=O) groups is 3.